The van der Waals surface area contributed by atoms with E-state index in [1.54, 1.807) is 6.20 Å². The summed E-state index contributed by atoms with van der Waals surface area (Å²) < 4.78 is 6.74. The topological polar surface area (TPSA) is 22.1 Å². The van der Waals surface area contributed by atoms with Gasteiger partial charge in [0.1, 0.15) is 5.75 Å². The van der Waals surface area contributed by atoms with E-state index in [0.717, 1.165) is 22.0 Å². The van der Waals surface area contributed by atoms with Gasteiger partial charge in [0.2, 0.25) is 0 Å². The van der Waals surface area contributed by atoms with Crippen molar-refractivity contribution in [1.82, 2.24) is 4.98 Å². The Morgan fingerprint density at radius 3 is 2.72 bits per heavy atom. The van der Waals surface area contributed by atoms with Crippen molar-refractivity contribution >= 4 is 31.9 Å². The standard InChI is InChI=1S/C14H13Br2NO/c15-9-12-3-4-14(13(16)8-12)18-7-5-11-2-1-6-17-10-11/h1-4,6,8,10H,5,7,9H2. The zero-order valence-electron chi connectivity index (χ0n) is 9.77. The molecule has 0 bridgehead atoms. The molecule has 2 aromatic rings. The van der Waals surface area contributed by atoms with Gasteiger partial charge in [-0.1, -0.05) is 28.1 Å². The molecule has 1 aromatic heterocycles. The number of ether oxygens (including phenoxy) is 1. The van der Waals surface area contributed by atoms with Crippen molar-refractivity contribution in [2.45, 2.75) is 11.8 Å². The quantitative estimate of drug-likeness (QED) is 0.729. The van der Waals surface area contributed by atoms with Gasteiger partial charge in [-0.25, -0.2) is 0 Å². The Hall–Kier alpha value is -0.870. The van der Waals surface area contributed by atoms with Gasteiger partial charge in [0.15, 0.2) is 0 Å². The molecule has 0 N–H and O–H groups in total. The monoisotopic (exact) mass is 369 g/mol. The average Bonchev–Trinajstić information content (AvgIpc) is 2.42. The van der Waals surface area contributed by atoms with Crippen molar-refractivity contribution in [1.29, 1.82) is 0 Å². The van der Waals surface area contributed by atoms with E-state index >= 15 is 0 Å². The van der Waals surface area contributed by atoms with E-state index in [1.807, 2.05) is 18.3 Å². The minimum atomic E-state index is 0.651. The first-order chi connectivity index (χ1) is 8.79. The SMILES string of the molecule is BrCc1ccc(OCCc2cccnc2)c(Br)c1. The summed E-state index contributed by atoms with van der Waals surface area (Å²) in [4.78, 5) is 4.08. The van der Waals surface area contributed by atoms with Gasteiger partial charge >= 0.3 is 0 Å². The van der Waals surface area contributed by atoms with Crippen molar-refractivity contribution < 1.29 is 4.74 Å². The van der Waals surface area contributed by atoms with Crippen LogP contribution in [0.4, 0.5) is 0 Å². The Morgan fingerprint density at radius 1 is 1.17 bits per heavy atom. The van der Waals surface area contributed by atoms with E-state index in [4.69, 9.17) is 4.74 Å². The molecular formula is C14H13Br2NO. The first-order valence-electron chi connectivity index (χ1n) is 5.65. The largest absolute Gasteiger partial charge is 0.492 e. The third kappa shape index (κ3) is 3.82. The molecule has 18 heavy (non-hydrogen) atoms. The molecule has 94 valence electrons. The molecule has 0 aliphatic rings. The van der Waals surface area contributed by atoms with Crippen LogP contribution in [-0.4, -0.2) is 11.6 Å². The Bertz CT molecular complexity index is 502. The molecule has 0 saturated heterocycles. The number of aromatic nitrogens is 1. The number of alkyl halides is 1. The molecule has 0 fully saturated rings. The first-order valence-corrected chi connectivity index (χ1v) is 7.57. The van der Waals surface area contributed by atoms with Crippen LogP contribution < -0.4 is 4.74 Å². The molecule has 0 amide bonds. The summed E-state index contributed by atoms with van der Waals surface area (Å²) in [6.45, 7) is 0.651. The summed E-state index contributed by atoms with van der Waals surface area (Å²) in [5.41, 5.74) is 2.41. The van der Waals surface area contributed by atoms with Crippen molar-refractivity contribution in [3.8, 4) is 5.75 Å². The van der Waals surface area contributed by atoms with Crippen LogP contribution in [0.15, 0.2) is 47.2 Å². The summed E-state index contributed by atoms with van der Waals surface area (Å²) in [5.74, 6) is 0.878. The predicted octanol–water partition coefficient (Wildman–Crippen LogP) is 4.36. The van der Waals surface area contributed by atoms with E-state index in [0.29, 0.717) is 6.61 Å². The highest BCUT2D eigenvalue weighted by Gasteiger charge is 2.02. The molecule has 0 atom stereocenters. The molecule has 0 radical (unpaired) electrons. The van der Waals surface area contributed by atoms with E-state index in [9.17, 15) is 0 Å². The highest BCUT2D eigenvalue weighted by molar-refractivity contribution is 9.10. The Balaban J connectivity index is 1.91. The van der Waals surface area contributed by atoms with Crippen molar-refractivity contribution in [3.63, 3.8) is 0 Å². The van der Waals surface area contributed by atoms with E-state index in [-0.39, 0.29) is 0 Å². The zero-order chi connectivity index (χ0) is 12.8. The van der Waals surface area contributed by atoms with Crippen LogP contribution in [0.25, 0.3) is 0 Å². The molecular weight excluding hydrogens is 358 g/mol. The van der Waals surface area contributed by atoms with Gasteiger partial charge < -0.3 is 4.74 Å². The Morgan fingerprint density at radius 2 is 2.06 bits per heavy atom. The summed E-state index contributed by atoms with van der Waals surface area (Å²) in [6, 6.07) is 10.1. The fraction of sp³-hybridized carbons (Fsp3) is 0.214. The number of benzene rings is 1. The van der Waals surface area contributed by atoms with Gasteiger partial charge in [-0.15, -0.1) is 0 Å². The second-order valence-electron chi connectivity index (χ2n) is 3.86. The van der Waals surface area contributed by atoms with Crippen LogP contribution in [0.3, 0.4) is 0 Å². The number of hydrogen-bond acceptors (Lipinski definition) is 2. The Kier molecular flexibility index (Phi) is 5.20. The number of halogens is 2. The summed E-state index contributed by atoms with van der Waals surface area (Å²) in [7, 11) is 0. The highest BCUT2D eigenvalue weighted by atomic mass is 79.9. The average molecular weight is 371 g/mol. The Labute approximate surface area is 124 Å². The predicted molar refractivity (Wildman–Crippen MR) is 80.2 cm³/mol. The van der Waals surface area contributed by atoms with Crippen LogP contribution >= 0.6 is 31.9 Å². The smallest absolute Gasteiger partial charge is 0.133 e. The maximum Gasteiger partial charge on any atom is 0.133 e. The molecule has 1 heterocycles. The molecule has 4 heteroatoms. The minimum Gasteiger partial charge on any atom is -0.492 e. The maximum absolute atomic E-state index is 5.75. The second-order valence-corrected chi connectivity index (χ2v) is 5.27. The van der Waals surface area contributed by atoms with Crippen molar-refractivity contribution in [2.75, 3.05) is 6.61 Å². The number of rotatable bonds is 5. The van der Waals surface area contributed by atoms with Crippen LogP contribution in [0.1, 0.15) is 11.1 Å². The third-order valence-corrected chi connectivity index (χ3v) is 3.79. The number of pyridine rings is 1. The molecule has 0 unspecified atom stereocenters. The zero-order valence-corrected chi connectivity index (χ0v) is 12.9. The molecule has 2 nitrogen and oxygen atoms in total. The van der Waals surface area contributed by atoms with Gasteiger partial charge in [0.05, 0.1) is 11.1 Å². The molecule has 0 aliphatic carbocycles. The first kappa shape index (κ1) is 13.6. The summed E-state index contributed by atoms with van der Waals surface area (Å²) in [6.07, 6.45) is 4.51. The fourth-order valence-electron chi connectivity index (χ4n) is 1.57. The number of nitrogens with zero attached hydrogens (tertiary/aromatic N) is 1. The second kappa shape index (κ2) is 6.90. The van der Waals surface area contributed by atoms with Gasteiger partial charge in [0.25, 0.3) is 0 Å². The summed E-state index contributed by atoms with van der Waals surface area (Å²) >= 11 is 6.95. The minimum absolute atomic E-state index is 0.651. The van der Waals surface area contributed by atoms with Gasteiger partial charge in [-0.3, -0.25) is 4.98 Å². The normalized spacial score (nSPS) is 10.3. The van der Waals surface area contributed by atoms with E-state index in [2.05, 4.69) is 55.0 Å². The lowest BCUT2D eigenvalue weighted by Gasteiger charge is -2.09. The lowest BCUT2D eigenvalue weighted by Crippen LogP contribution is -2.02. The van der Waals surface area contributed by atoms with Gasteiger partial charge in [-0.05, 0) is 45.3 Å². The summed E-state index contributed by atoms with van der Waals surface area (Å²) in [5, 5.41) is 0.849. The van der Waals surface area contributed by atoms with Crippen LogP contribution in [0.2, 0.25) is 0 Å². The molecule has 0 aliphatic heterocycles. The maximum atomic E-state index is 5.75. The lowest BCUT2D eigenvalue weighted by molar-refractivity contribution is 0.320. The molecule has 0 spiro atoms. The highest BCUT2D eigenvalue weighted by Crippen LogP contribution is 2.26. The molecule has 0 saturated carbocycles. The van der Waals surface area contributed by atoms with Crippen LogP contribution in [-0.2, 0) is 11.8 Å². The molecule has 2 rings (SSSR count). The van der Waals surface area contributed by atoms with Crippen molar-refractivity contribution in [2.24, 2.45) is 0 Å². The fourth-order valence-corrected chi connectivity index (χ4v) is 2.46. The van der Waals surface area contributed by atoms with Crippen LogP contribution in [0.5, 0.6) is 5.75 Å². The van der Waals surface area contributed by atoms with E-state index in [1.165, 1.54) is 11.1 Å². The third-order valence-electron chi connectivity index (χ3n) is 2.52. The van der Waals surface area contributed by atoms with Gasteiger partial charge in [-0.2, -0.15) is 0 Å². The van der Waals surface area contributed by atoms with Crippen LogP contribution in [0, 0.1) is 0 Å². The van der Waals surface area contributed by atoms with Crippen molar-refractivity contribution in [3.05, 3.63) is 58.3 Å². The molecule has 1 aromatic carbocycles. The van der Waals surface area contributed by atoms with E-state index < -0.39 is 0 Å². The number of hydrogen-bond donors (Lipinski definition) is 0. The lowest BCUT2D eigenvalue weighted by atomic mass is 10.2. The van der Waals surface area contributed by atoms with Gasteiger partial charge in [0, 0.05) is 24.1 Å².